The molecule has 3 amide bonds. The predicted molar refractivity (Wildman–Crippen MR) is 96.2 cm³/mol. The Morgan fingerprint density at radius 1 is 1.20 bits per heavy atom. The fourth-order valence-corrected chi connectivity index (χ4v) is 2.24. The monoisotopic (exact) mass is 344 g/mol. The lowest BCUT2D eigenvalue weighted by molar-refractivity contribution is 0.1000. The molecule has 2 aromatic rings. The number of hydrogen-bond donors (Lipinski definition) is 3. The van der Waals surface area contributed by atoms with Crippen molar-refractivity contribution in [2.24, 2.45) is 5.73 Å². The van der Waals surface area contributed by atoms with Crippen LogP contribution in [0.25, 0.3) is 0 Å². The van der Waals surface area contributed by atoms with Crippen molar-refractivity contribution in [1.82, 2.24) is 5.32 Å². The highest BCUT2D eigenvalue weighted by Gasteiger charge is 2.13. The Bertz CT molecular complexity index is 752. The molecule has 0 bridgehead atoms. The van der Waals surface area contributed by atoms with Gasteiger partial charge in [-0.3, -0.25) is 4.79 Å². The van der Waals surface area contributed by atoms with Crippen molar-refractivity contribution in [1.29, 1.82) is 0 Å². The van der Waals surface area contributed by atoms with Crippen LogP contribution in [-0.2, 0) is 0 Å². The van der Waals surface area contributed by atoms with Crippen LogP contribution in [0.15, 0.2) is 48.5 Å². The Labute approximate surface area is 145 Å². The van der Waals surface area contributed by atoms with Gasteiger partial charge >= 0.3 is 6.03 Å². The van der Waals surface area contributed by atoms with E-state index in [0.717, 1.165) is 11.8 Å². The highest BCUT2D eigenvalue weighted by molar-refractivity contribution is 5.96. The number of nitrogens with one attached hydrogen (secondary N) is 2. The number of para-hydroxylation sites is 1. The molecule has 7 heteroatoms. The Morgan fingerprint density at radius 3 is 2.52 bits per heavy atom. The van der Waals surface area contributed by atoms with E-state index in [2.05, 4.69) is 10.6 Å². The van der Waals surface area contributed by atoms with Crippen molar-refractivity contribution >= 4 is 23.3 Å². The van der Waals surface area contributed by atoms with Gasteiger partial charge < -0.3 is 21.3 Å². The molecule has 4 N–H and O–H groups in total. The third-order valence-electron chi connectivity index (χ3n) is 3.88. The number of carbonyl (C=O) groups is 2. The summed E-state index contributed by atoms with van der Waals surface area (Å²) in [4.78, 5) is 25.1. The van der Waals surface area contributed by atoms with Gasteiger partial charge in [0.25, 0.3) is 0 Å². The van der Waals surface area contributed by atoms with Gasteiger partial charge in [-0.2, -0.15) is 0 Å². The number of anilines is 2. The lowest BCUT2D eigenvalue weighted by atomic mass is 10.2. The van der Waals surface area contributed by atoms with Crippen molar-refractivity contribution in [2.75, 3.05) is 23.8 Å². The summed E-state index contributed by atoms with van der Waals surface area (Å²) in [7, 11) is 1.93. The summed E-state index contributed by atoms with van der Waals surface area (Å²) in [6.45, 7) is 2.32. The van der Waals surface area contributed by atoms with Crippen molar-refractivity contribution in [2.45, 2.75) is 13.0 Å². The van der Waals surface area contributed by atoms with Crippen molar-refractivity contribution in [3.8, 4) is 0 Å². The number of benzene rings is 2. The van der Waals surface area contributed by atoms with E-state index in [1.54, 1.807) is 0 Å². The summed E-state index contributed by atoms with van der Waals surface area (Å²) in [5, 5.41) is 5.07. The summed E-state index contributed by atoms with van der Waals surface area (Å²) in [5.74, 6) is -1.34. The molecule has 0 radical (unpaired) electrons. The van der Waals surface area contributed by atoms with E-state index in [0.29, 0.717) is 6.54 Å². The first-order chi connectivity index (χ1) is 11.9. The van der Waals surface area contributed by atoms with Gasteiger partial charge in [-0.15, -0.1) is 0 Å². The van der Waals surface area contributed by atoms with Gasteiger partial charge in [-0.1, -0.05) is 18.2 Å². The Morgan fingerprint density at radius 2 is 1.88 bits per heavy atom. The number of hydrogen-bond acceptors (Lipinski definition) is 3. The maximum Gasteiger partial charge on any atom is 0.319 e. The zero-order valence-electron chi connectivity index (χ0n) is 14.1. The topological polar surface area (TPSA) is 87.5 Å². The third kappa shape index (κ3) is 4.94. The molecule has 0 saturated heterocycles. The summed E-state index contributed by atoms with van der Waals surface area (Å²) in [6.07, 6.45) is 0. The maximum atomic E-state index is 13.7. The maximum absolute atomic E-state index is 13.7. The Hall–Kier alpha value is -3.09. The van der Waals surface area contributed by atoms with Crippen LogP contribution in [0.1, 0.15) is 17.3 Å². The summed E-state index contributed by atoms with van der Waals surface area (Å²) < 4.78 is 13.7. The van der Waals surface area contributed by atoms with E-state index in [-0.39, 0.29) is 17.3 Å². The van der Waals surface area contributed by atoms with Gasteiger partial charge in [0, 0.05) is 30.9 Å². The van der Waals surface area contributed by atoms with Crippen molar-refractivity contribution in [3.05, 3.63) is 59.9 Å². The van der Waals surface area contributed by atoms with E-state index in [4.69, 9.17) is 5.73 Å². The smallest absolute Gasteiger partial charge is 0.319 e. The Kier molecular flexibility index (Phi) is 5.94. The first kappa shape index (κ1) is 18.3. The number of urea groups is 1. The third-order valence-corrected chi connectivity index (χ3v) is 3.88. The second-order valence-corrected chi connectivity index (χ2v) is 5.69. The molecule has 0 aromatic heterocycles. The molecule has 0 aliphatic carbocycles. The summed E-state index contributed by atoms with van der Waals surface area (Å²) in [5.41, 5.74) is 6.20. The molecule has 2 rings (SSSR count). The molecular formula is C18H21FN4O2. The number of nitrogens with zero attached hydrogens (tertiary/aromatic N) is 1. The molecule has 0 aliphatic heterocycles. The number of carbonyl (C=O) groups excluding carboxylic acids is 2. The first-order valence-electron chi connectivity index (χ1n) is 7.80. The number of rotatable bonds is 6. The van der Waals surface area contributed by atoms with Gasteiger partial charge in [0.1, 0.15) is 5.82 Å². The molecule has 132 valence electrons. The van der Waals surface area contributed by atoms with Gasteiger partial charge in [0.15, 0.2) is 0 Å². The molecule has 0 aliphatic rings. The number of primary amides is 1. The van der Waals surface area contributed by atoms with Gasteiger partial charge in [-0.05, 0) is 37.3 Å². The van der Waals surface area contributed by atoms with Crippen LogP contribution >= 0.6 is 0 Å². The minimum Gasteiger partial charge on any atom is -0.370 e. The molecule has 0 spiro atoms. The lowest BCUT2D eigenvalue weighted by Gasteiger charge is -2.27. The molecule has 0 fully saturated rings. The minimum atomic E-state index is -0.693. The zero-order chi connectivity index (χ0) is 18.4. The second kappa shape index (κ2) is 8.14. The van der Waals surface area contributed by atoms with E-state index in [9.17, 15) is 14.0 Å². The van der Waals surface area contributed by atoms with E-state index >= 15 is 0 Å². The molecule has 0 saturated carbocycles. The largest absolute Gasteiger partial charge is 0.370 e. The van der Waals surface area contributed by atoms with Crippen LogP contribution in [0, 0.1) is 5.82 Å². The quantitative estimate of drug-likeness (QED) is 0.753. The first-order valence-corrected chi connectivity index (χ1v) is 7.80. The van der Waals surface area contributed by atoms with Crippen LogP contribution in [0.4, 0.5) is 20.6 Å². The van der Waals surface area contributed by atoms with Crippen molar-refractivity contribution in [3.63, 3.8) is 0 Å². The number of halogens is 1. The number of likely N-dealkylation sites (N-methyl/N-ethyl adjacent to an activating group) is 1. The van der Waals surface area contributed by atoms with Crippen molar-refractivity contribution < 1.29 is 14.0 Å². The molecule has 0 unspecified atom stereocenters. The molecule has 2 aromatic carbocycles. The lowest BCUT2D eigenvalue weighted by Crippen LogP contribution is -2.41. The Balaban J connectivity index is 1.92. The molecule has 25 heavy (non-hydrogen) atoms. The van der Waals surface area contributed by atoms with Crippen LogP contribution in [0.3, 0.4) is 0 Å². The van der Waals surface area contributed by atoms with Gasteiger partial charge in [0.2, 0.25) is 5.91 Å². The standard InChI is InChI=1S/C18H21FN4O2/c1-12(23(2)14-6-4-3-5-7-14)11-21-18(25)22-16-10-13(17(20)24)8-9-15(16)19/h3-10,12H,11H2,1-2H3,(H2,20,24)(H2,21,22,25)/t12-/m1/s1. The summed E-state index contributed by atoms with van der Waals surface area (Å²) >= 11 is 0. The fraction of sp³-hybridized carbons (Fsp3) is 0.222. The van der Waals surface area contributed by atoms with Gasteiger partial charge in [0.05, 0.1) is 5.69 Å². The normalized spacial score (nSPS) is 11.5. The van der Waals surface area contributed by atoms with E-state index in [1.807, 2.05) is 49.2 Å². The van der Waals surface area contributed by atoms with Crippen LogP contribution in [0.5, 0.6) is 0 Å². The number of amides is 3. The predicted octanol–water partition coefficient (Wildman–Crippen LogP) is 2.57. The minimum absolute atomic E-state index is 0.0231. The van der Waals surface area contributed by atoms with Crippen LogP contribution in [0.2, 0.25) is 0 Å². The number of nitrogens with two attached hydrogens (primary N) is 1. The fourth-order valence-electron chi connectivity index (χ4n) is 2.24. The van der Waals surface area contributed by atoms with Crippen LogP contribution < -0.4 is 21.3 Å². The summed E-state index contributed by atoms with van der Waals surface area (Å²) in [6, 6.07) is 12.8. The second-order valence-electron chi connectivity index (χ2n) is 5.69. The highest BCUT2D eigenvalue weighted by Crippen LogP contribution is 2.16. The van der Waals surface area contributed by atoms with E-state index < -0.39 is 17.8 Å². The van der Waals surface area contributed by atoms with E-state index in [1.165, 1.54) is 12.1 Å². The molecule has 0 heterocycles. The molecule has 1 atom stereocenters. The van der Waals surface area contributed by atoms with Crippen LogP contribution in [-0.4, -0.2) is 31.6 Å². The average molecular weight is 344 g/mol. The SMILES string of the molecule is C[C@H](CNC(=O)Nc1cc(C(N)=O)ccc1F)N(C)c1ccccc1. The molecule has 6 nitrogen and oxygen atoms in total. The highest BCUT2D eigenvalue weighted by atomic mass is 19.1. The average Bonchev–Trinajstić information content (AvgIpc) is 2.61. The zero-order valence-corrected chi connectivity index (χ0v) is 14.1. The molecular weight excluding hydrogens is 323 g/mol. The van der Waals surface area contributed by atoms with Gasteiger partial charge in [-0.25, -0.2) is 9.18 Å².